The lowest BCUT2D eigenvalue weighted by Gasteiger charge is -2.13. The Hall–Kier alpha value is -3.66. The van der Waals surface area contributed by atoms with Crippen LogP contribution in [0.15, 0.2) is 59.4 Å². The fourth-order valence-corrected chi connectivity index (χ4v) is 4.81. The second kappa shape index (κ2) is 10.1. The molecule has 2 N–H and O–H groups in total. The van der Waals surface area contributed by atoms with Gasteiger partial charge in [0.15, 0.2) is 9.84 Å². The number of sulfone groups is 1. The van der Waals surface area contributed by atoms with Crippen molar-refractivity contribution in [1.29, 1.82) is 0 Å². The summed E-state index contributed by atoms with van der Waals surface area (Å²) in [6.07, 6.45) is 0.417. The second-order valence-corrected chi connectivity index (χ2v) is 10.4. The van der Waals surface area contributed by atoms with Crippen molar-refractivity contribution in [2.45, 2.75) is 32.4 Å². The third-order valence-electron chi connectivity index (χ3n) is 5.58. The first-order valence-electron chi connectivity index (χ1n) is 10.8. The zero-order valence-corrected chi connectivity index (χ0v) is 20.3. The van der Waals surface area contributed by atoms with Crippen molar-refractivity contribution in [2.75, 3.05) is 16.4 Å². The minimum absolute atomic E-state index is 0.0824. The maximum Gasteiger partial charge on any atom is 0.295 e. The Morgan fingerprint density at radius 3 is 2.35 bits per heavy atom. The number of carbonyl (C=O) groups excluding carboxylic acids is 2. The number of anilines is 2. The van der Waals surface area contributed by atoms with E-state index in [0.29, 0.717) is 17.8 Å². The number of hydrogen-bond donors (Lipinski definition) is 2. The standard InChI is InChI=1S/C24H28N4O5S/c1-5-14-34(32,33)17(3)22(29)25-19-11-9-10-18(15-19)23(30)26-21-16(2)27(4)28(24(21)31)20-12-7-6-8-13-20/h6-13,15,17H,5,14H2,1-4H3,(H,25,29)(H,26,30). The van der Waals surface area contributed by atoms with Gasteiger partial charge < -0.3 is 10.6 Å². The molecule has 1 unspecified atom stereocenters. The van der Waals surface area contributed by atoms with Gasteiger partial charge >= 0.3 is 0 Å². The second-order valence-electron chi connectivity index (χ2n) is 7.97. The van der Waals surface area contributed by atoms with Crippen molar-refractivity contribution in [3.05, 3.63) is 76.2 Å². The molecule has 0 spiro atoms. The Balaban J connectivity index is 1.82. The van der Waals surface area contributed by atoms with E-state index in [1.165, 1.54) is 23.7 Å². The molecule has 0 aliphatic heterocycles. The van der Waals surface area contributed by atoms with Crippen LogP contribution in [0.5, 0.6) is 0 Å². The third-order valence-corrected chi connectivity index (χ3v) is 7.85. The highest BCUT2D eigenvalue weighted by Gasteiger charge is 2.27. The monoisotopic (exact) mass is 484 g/mol. The van der Waals surface area contributed by atoms with E-state index in [1.54, 1.807) is 49.8 Å². The minimum Gasteiger partial charge on any atom is -0.325 e. The molecule has 0 saturated heterocycles. The molecular formula is C24H28N4O5S. The highest BCUT2D eigenvalue weighted by atomic mass is 32.2. The van der Waals surface area contributed by atoms with Crippen LogP contribution in [-0.2, 0) is 21.7 Å². The van der Waals surface area contributed by atoms with E-state index in [9.17, 15) is 22.8 Å². The van der Waals surface area contributed by atoms with Crippen LogP contribution in [0.4, 0.5) is 11.4 Å². The van der Waals surface area contributed by atoms with Crippen LogP contribution in [0, 0.1) is 6.92 Å². The molecule has 2 amide bonds. The van der Waals surface area contributed by atoms with Crippen molar-refractivity contribution in [3.63, 3.8) is 0 Å². The van der Waals surface area contributed by atoms with E-state index in [4.69, 9.17) is 0 Å². The van der Waals surface area contributed by atoms with Gasteiger partial charge in [0.2, 0.25) is 5.91 Å². The van der Waals surface area contributed by atoms with Gasteiger partial charge in [0.05, 0.1) is 17.1 Å². The van der Waals surface area contributed by atoms with Crippen LogP contribution < -0.4 is 16.2 Å². The Kier molecular flexibility index (Phi) is 7.41. The normalized spacial score (nSPS) is 12.2. The number of amides is 2. The molecule has 0 aliphatic carbocycles. The Bertz CT molecular complexity index is 1370. The number of rotatable bonds is 8. The molecule has 0 radical (unpaired) electrons. The molecule has 0 saturated carbocycles. The number of aromatic nitrogens is 2. The van der Waals surface area contributed by atoms with Crippen molar-refractivity contribution >= 4 is 33.0 Å². The van der Waals surface area contributed by atoms with E-state index in [2.05, 4.69) is 10.6 Å². The van der Waals surface area contributed by atoms with Crippen molar-refractivity contribution in [3.8, 4) is 5.69 Å². The number of benzene rings is 2. The molecule has 10 heteroatoms. The molecule has 1 atom stereocenters. The first-order chi connectivity index (χ1) is 16.1. The van der Waals surface area contributed by atoms with Crippen LogP contribution in [0.1, 0.15) is 36.3 Å². The van der Waals surface area contributed by atoms with E-state index < -0.39 is 26.9 Å². The summed E-state index contributed by atoms with van der Waals surface area (Å²) < 4.78 is 27.5. The molecule has 9 nitrogen and oxygen atoms in total. The summed E-state index contributed by atoms with van der Waals surface area (Å²) in [5, 5.41) is 4.01. The summed E-state index contributed by atoms with van der Waals surface area (Å²) >= 11 is 0. The van der Waals surface area contributed by atoms with Gasteiger partial charge in [0.25, 0.3) is 11.5 Å². The van der Waals surface area contributed by atoms with Crippen LogP contribution >= 0.6 is 0 Å². The zero-order chi connectivity index (χ0) is 25.0. The van der Waals surface area contributed by atoms with E-state index in [-0.39, 0.29) is 28.3 Å². The summed E-state index contributed by atoms with van der Waals surface area (Å²) in [4.78, 5) is 38.4. The molecule has 3 rings (SSSR count). The van der Waals surface area contributed by atoms with Crippen LogP contribution in [0.3, 0.4) is 0 Å². The van der Waals surface area contributed by atoms with E-state index in [0.717, 1.165) is 0 Å². The molecule has 0 fully saturated rings. The molecule has 1 aromatic heterocycles. The highest BCUT2D eigenvalue weighted by molar-refractivity contribution is 7.92. The number of para-hydroxylation sites is 1. The topological polar surface area (TPSA) is 119 Å². The first kappa shape index (κ1) is 25.0. The van der Waals surface area contributed by atoms with Gasteiger partial charge in [-0.3, -0.25) is 19.1 Å². The Morgan fingerprint density at radius 2 is 1.71 bits per heavy atom. The minimum atomic E-state index is -3.56. The number of hydrogen-bond acceptors (Lipinski definition) is 5. The highest BCUT2D eigenvalue weighted by Crippen LogP contribution is 2.17. The average molecular weight is 485 g/mol. The molecule has 3 aromatic rings. The molecule has 34 heavy (non-hydrogen) atoms. The molecule has 0 bridgehead atoms. The lowest BCUT2D eigenvalue weighted by Crippen LogP contribution is -2.34. The van der Waals surface area contributed by atoms with Gasteiger partial charge in [-0.05, 0) is 50.6 Å². The van der Waals surface area contributed by atoms with Gasteiger partial charge in [-0.2, -0.15) is 0 Å². The molecule has 1 heterocycles. The van der Waals surface area contributed by atoms with Crippen molar-refractivity contribution < 1.29 is 18.0 Å². The quantitative estimate of drug-likeness (QED) is 0.510. The maximum atomic E-state index is 13.0. The largest absolute Gasteiger partial charge is 0.325 e. The molecule has 180 valence electrons. The predicted octanol–water partition coefficient (Wildman–Crippen LogP) is 2.89. The van der Waals surface area contributed by atoms with Gasteiger partial charge in [-0.15, -0.1) is 0 Å². The van der Waals surface area contributed by atoms with Gasteiger partial charge in [-0.1, -0.05) is 31.2 Å². The maximum absolute atomic E-state index is 13.0. The first-order valence-corrected chi connectivity index (χ1v) is 12.6. The number of carbonyl (C=O) groups is 2. The van der Waals surface area contributed by atoms with Gasteiger partial charge in [0, 0.05) is 18.3 Å². The number of nitrogens with zero attached hydrogens (tertiary/aromatic N) is 2. The van der Waals surface area contributed by atoms with E-state index >= 15 is 0 Å². The summed E-state index contributed by atoms with van der Waals surface area (Å²) in [5.41, 5.74) is 1.49. The van der Waals surface area contributed by atoms with Crippen molar-refractivity contribution in [2.24, 2.45) is 7.05 Å². The fourth-order valence-electron chi connectivity index (χ4n) is 3.50. The summed E-state index contributed by atoms with van der Waals surface area (Å²) in [5.74, 6) is -1.29. The third kappa shape index (κ3) is 5.12. The Morgan fingerprint density at radius 1 is 1.03 bits per heavy atom. The average Bonchev–Trinajstić information content (AvgIpc) is 3.02. The predicted molar refractivity (Wildman–Crippen MR) is 132 cm³/mol. The Labute approximate surface area is 198 Å². The number of nitrogens with one attached hydrogen (secondary N) is 2. The lowest BCUT2D eigenvalue weighted by atomic mass is 10.2. The smallest absolute Gasteiger partial charge is 0.295 e. The SMILES string of the molecule is CCCS(=O)(=O)C(C)C(=O)Nc1cccc(C(=O)Nc2c(C)n(C)n(-c3ccccc3)c2=O)c1. The zero-order valence-electron chi connectivity index (χ0n) is 19.5. The summed E-state index contributed by atoms with van der Waals surface area (Å²) in [7, 11) is -1.84. The van der Waals surface area contributed by atoms with Crippen LogP contribution in [-0.4, -0.2) is 40.6 Å². The van der Waals surface area contributed by atoms with Crippen LogP contribution in [0.2, 0.25) is 0 Å². The van der Waals surface area contributed by atoms with Gasteiger partial charge in [0.1, 0.15) is 10.9 Å². The van der Waals surface area contributed by atoms with Crippen molar-refractivity contribution in [1.82, 2.24) is 9.36 Å². The van der Waals surface area contributed by atoms with Crippen LogP contribution in [0.25, 0.3) is 5.69 Å². The molecule has 0 aliphatic rings. The lowest BCUT2D eigenvalue weighted by molar-refractivity contribution is -0.115. The summed E-state index contributed by atoms with van der Waals surface area (Å²) in [6.45, 7) is 4.80. The fraction of sp³-hybridized carbons (Fsp3) is 0.292. The van der Waals surface area contributed by atoms with E-state index in [1.807, 2.05) is 18.2 Å². The summed E-state index contributed by atoms with van der Waals surface area (Å²) in [6, 6.07) is 15.2. The van der Waals surface area contributed by atoms with Gasteiger partial charge in [-0.25, -0.2) is 13.1 Å². The molecular weight excluding hydrogens is 456 g/mol. The molecule has 2 aromatic carbocycles.